The maximum Gasteiger partial charge on any atom is 0.329 e. The summed E-state index contributed by atoms with van der Waals surface area (Å²) in [5, 5.41) is 2.74. The lowest BCUT2D eigenvalue weighted by atomic mass is 10.1. The molecule has 7 heteroatoms. The van der Waals surface area contributed by atoms with Crippen molar-refractivity contribution in [1.82, 2.24) is 0 Å². The number of benzene rings is 1. The summed E-state index contributed by atoms with van der Waals surface area (Å²) in [6, 6.07) is 4.88. The van der Waals surface area contributed by atoms with E-state index in [9.17, 15) is 19.1 Å². The first-order valence-electron chi connectivity index (χ1n) is 7.87. The fraction of sp³-hybridized carbons (Fsp3) is 0.562. The van der Waals surface area contributed by atoms with Gasteiger partial charge in [-0.25, -0.2) is 0 Å². The van der Waals surface area contributed by atoms with Crippen LogP contribution in [0.15, 0.2) is 18.2 Å². The Morgan fingerprint density at radius 1 is 1.22 bits per heavy atom. The third-order valence-corrected chi connectivity index (χ3v) is 4.23. The molecule has 0 unspecified atom stereocenters. The van der Waals surface area contributed by atoms with Gasteiger partial charge in [0.05, 0.1) is 19.0 Å². The van der Waals surface area contributed by atoms with E-state index in [0.29, 0.717) is 23.4 Å². The molecular formula is C16H26NO5P. The minimum atomic E-state index is -4.23. The van der Waals surface area contributed by atoms with Crippen LogP contribution in [-0.2, 0) is 15.5 Å². The van der Waals surface area contributed by atoms with Crippen molar-refractivity contribution in [2.24, 2.45) is 0 Å². The van der Waals surface area contributed by atoms with Crippen LogP contribution in [0.5, 0.6) is 5.75 Å². The zero-order valence-electron chi connectivity index (χ0n) is 13.7. The van der Waals surface area contributed by atoms with E-state index in [4.69, 9.17) is 4.74 Å². The number of nitrogens with one attached hydrogen (secondary N) is 1. The molecular weight excluding hydrogens is 317 g/mol. The van der Waals surface area contributed by atoms with Gasteiger partial charge >= 0.3 is 7.60 Å². The standard InChI is InChI=1S/C16H26NO5P/c1-3-4-5-6-7-11-15(18)17-16-13(12-23(19,20)21)9-8-10-14(16)22-2/h8-10H,3-7,11-12H2,1-2H3,(H,17,18)(H2,19,20,21). The number of para-hydroxylation sites is 1. The minimum absolute atomic E-state index is 0.169. The Labute approximate surface area is 137 Å². The lowest BCUT2D eigenvalue weighted by molar-refractivity contribution is -0.116. The average Bonchev–Trinajstić information content (AvgIpc) is 2.47. The molecule has 0 saturated heterocycles. The van der Waals surface area contributed by atoms with E-state index in [1.54, 1.807) is 18.2 Å². The molecule has 0 fully saturated rings. The molecule has 3 N–H and O–H groups in total. The average molecular weight is 343 g/mol. The summed E-state index contributed by atoms with van der Waals surface area (Å²) in [5.41, 5.74) is 0.717. The Morgan fingerprint density at radius 3 is 2.52 bits per heavy atom. The largest absolute Gasteiger partial charge is 0.495 e. The number of unbranched alkanes of at least 4 members (excludes halogenated alkanes) is 4. The summed E-state index contributed by atoms with van der Waals surface area (Å²) in [5.74, 6) is 0.230. The van der Waals surface area contributed by atoms with Gasteiger partial charge in [0.2, 0.25) is 5.91 Å². The molecule has 0 atom stereocenters. The highest BCUT2D eigenvalue weighted by Gasteiger charge is 2.20. The molecule has 0 bridgehead atoms. The fourth-order valence-electron chi connectivity index (χ4n) is 2.33. The highest BCUT2D eigenvalue weighted by Crippen LogP contribution is 2.43. The van der Waals surface area contributed by atoms with Gasteiger partial charge in [0.1, 0.15) is 5.75 Å². The predicted molar refractivity (Wildman–Crippen MR) is 90.7 cm³/mol. The van der Waals surface area contributed by atoms with E-state index in [0.717, 1.165) is 25.7 Å². The Bertz CT molecular complexity index is 555. The maximum atomic E-state index is 12.1. The van der Waals surface area contributed by atoms with E-state index in [-0.39, 0.29) is 5.91 Å². The first kappa shape index (κ1) is 19.7. The van der Waals surface area contributed by atoms with Crippen molar-refractivity contribution in [2.75, 3.05) is 12.4 Å². The first-order valence-corrected chi connectivity index (χ1v) is 9.67. The molecule has 0 aliphatic rings. The summed E-state index contributed by atoms with van der Waals surface area (Å²) in [6.45, 7) is 2.14. The van der Waals surface area contributed by atoms with Gasteiger partial charge in [0.15, 0.2) is 0 Å². The van der Waals surface area contributed by atoms with Crippen LogP contribution in [0.4, 0.5) is 5.69 Å². The van der Waals surface area contributed by atoms with E-state index in [1.165, 1.54) is 13.5 Å². The molecule has 23 heavy (non-hydrogen) atoms. The quantitative estimate of drug-likeness (QED) is 0.445. The molecule has 0 spiro atoms. The number of hydrogen-bond donors (Lipinski definition) is 3. The number of hydrogen-bond acceptors (Lipinski definition) is 3. The van der Waals surface area contributed by atoms with Crippen LogP contribution in [-0.4, -0.2) is 22.8 Å². The van der Waals surface area contributed by atoms with E-state index in [1.807, 2.05) is 0 Å². The van der Waals surface area contributed by atoms with Gasteiger partial charge in [0, 0.05) is 6.42 Å². The molecule has 0 aliphatic carbocycles. The van der Waals surface area contributed by atoms with Crippen molar-refractivity contribution in [1.29, 1.82) is 0 Å². The number of carbonyl (C=O) groups is 1. The Morgan fingerprint density at radius 2 is 1.91 bits per heavy atom. The minimum Gasteiger partial charge on any atom is -0.495 e. The van der Waals surface area contributed by atoms with Gasteiger partial charge in [-0.1, -0.05) is 44.7 Å². The van der Waals surface area contributed by atoms with Gasteiger partial charge in [-0.05, 0) is 18.1 Å². The number of anilines is 1. The highest BCUT2D eigenvalue weighted by atomic mass is 31.2. The highest BCUT2D eigenvalue weighted by molar-refractivity contribution is 7.50. The predicted octanol–water partition coefficient (Wildman–Crippen LogP) is 3.67. The van der Waals surface area contributed by atoms with Crippen LogP contribution >= 0.6 is 7.60 Å². The van der Waals surface area contributed by atoms with E-state index in [2.05, 4.69) is 12.2 Å². The van der Waals surface area contributed by atoms with Crippen molar-refractivity contribution < 1.29 is 23.9 Å². The molecule has 1 rings (SSSR count). The van der Waals surface area contributed by atoms with Crippen LogP contribution in [0, 0.1) is 0 Å². The molecule has 0 aliphatic heterocycles. The Kier molecular flexibility index (Phi) is 8.31. The van der Waals surface area contributed by atoms with Crippen molar-refractivity contribution in [3.8, 4) is 5.75 Å². The fourth-order valence-corrected chi connectivity index (χ4v) is 3.04. The SMILES string of the molecule is CCCCCCCC(=O)Nc1c(CP(=O)(O)O)cccc1OC. The second-order valence-electron chi connectivity index (χ2n) is 5.53. The van der Waals surface area contributed by atoms with Crippen molar-refractivity contribution in [3.05, 3.63) is 23.8 Å². The summed E-state index contributed by atoms with van der Waals surface area (Å²) < 4.78 is 16.4. The Balaban J connectivity index is 2.73. The molecule has 1 aromatic carbocycles. The van der Waals surface area contributed by atoms with Gasteiger partial charge in [0.25, 0.3) is 0 Å². The molecule has 0 radical (unpaired) electrons. The first-order chi connectivity index (χ1) is 10.9. The third kappa shape index (κ3) is 7.64. The van der Waals surface area contributed by atoms with Crippen molar-refractivity contribution in [3.63, 3.8) is 0 Å². The van der Waals surface area contributed by atoms with Gasteiger partial charge < -0.3 is 19.8 Å². The van der Waals surface area contributed by atoms with Crippen LogP contribution in [0.3, 0.4) is 0 Å². The summed E-state index contributed by atoms with van der Waals surface area (Å²) in [4.78, 5) is 30.4. The Hall–Kier alpha value is -1.36. The van der Waals surface area contributed by atoms with Gasteiger partial charge in [-0.3, -0.25) is 9.36 Å². The normalized spacial score (nSPS) is 11.3. The van der Waals surface area contributed by atoms with Gasteiger partial charge in [-0.15, -0.1) is 0 Å². The number of amides is 1. The molecule has 1 aromatic rings. The zero-order valence-corrected chi connectivity index (χ0v) is 14.6. The third-order valence-electron chi connectivity index (χ3n) is 3.48. The lowest BCUT2D eigenvalue weighted by Gasteiger charge is -2.15. The molecule has 130 valence electrons. The summed E-state index contributed by atoms with van der Waals surface area (Å²) >= 11 is 0. The smallest absolute Gasteiger partial charge is 0.329 e. The lowest BCUT2D eigenvalue weighted by Crippen LogP contribution is -2.13. The number of ether oxygens (including phenoxy) is 1. The van der Waals surface area contributed by atoms with Gasteiger partial charge in [-0.2, -0.15) is 0 Å². The molecule has 0 saturated carbocycles. The van der Waals surface area contributed by atoms with Crippen LogP contribution in [0.2, 0.25) is 0 Å². The maximum absolute atomic E-state index is 12.1. The monoisotopic (exact) mass is 343 g/mol. The van der Waals surface area contributed by atoms with Crippen LogP contribution < -0.4 is 10.1 Å². The summed E-state index contributed by atoms with van der Waals surface area (Å²) in [6.07, 6.45) is 5.19. The topological polar surface area (TPSA) is 95.9 Å². The second kappa shape index (κ2) is 9.71. The van der Waals surface area contributed by atoms with E-state index >= 15 is 0 Å². The van der Waals surface area contributed by atoms with Crippen LogP contribution in [0.1, 0.15) is 51.0 Å². The number of carbonyl (C=O) groups excluding carboxylic acids is 1. The molecule has 0 aromatic heterocycles. The molecule has 0 heterocycles. The van der Waals surface area contributed by atoms with Crippen molar-refractivity contribution >= 4 is 19.2 Å². The van der Waals surface area contributed by atoms with Crippen LogP contribution in [0.25, 0.3) is 0 Å². The molecule has 1 amide bonds. The van der Waals surface area contributed by atoms with E-state index < -0.39 is 13.8 Å². The molecule has 6 nitrogen and oxygen atoms in total. The number of methoxy groups -OCH3 is 1. The summed E-state index contributed by atoms with van der Waals surface area (Å²) in [7, 11) is -2.77. The van der Waals surface area contributed by atoms with Crippen molar-refractivity contribution in [2.45, 2.75) is 51.6 Å². The zero-order chi connectivity index (χ0) is 17.3. The second-order valence-corrected chi connectivity index (χ2v) is 7.18. The number of rotatable bonds is 10.